The molecule has 0 saturated heterocycles. The van der Waals surface area contributed by atoms with Crippen molar-refractivity contribution in [1.29, 1.82) is 0 Å². The molecule has 100 valence electrons. The Labute approximate surface area is 110 Å². The van der Waals surface area contributed by atoms with E-state index >= 15 is 0 Å². The van der Waals surface area contributed by atoms with E-state index in [0.29, 0.717) is 0 Å². The van der Waals surface area contributed by atoms with E-state index in [4.69, 9.17) is 0 Å². The van der Waals surface area contributed by atoms with Crippen LogP contribution in [0.4, 0.5) is 11.6 Å². The minimum atomic E-state index is 0.831. The minimum absolute atomic E-state index is 0.831. The SMILES string of the molecule is CCCc1c(NCC)ncnc1NCC1CC1C. The molecule has 1 fully saturated rings. The maximum absolute atomic E-state index is 4.40. The number of rotatable bonds is 7. The van der Waals surface area contributed by atoms with Gasteiger partial charge in [0.15, 0.2) is 0 Å². The van der Waals surface area contributed by atoms with Crippen LogP contribution in [-0.2, 0) is 6.42 Å². The predicted octanol–water partition coefficient (Wildman–Crippen LogP) is 2.93. The molecule has 1 heterocycles. The van der Waals surface area contributed by atoms with Crippen molar-refractivity contribution in [3.8, 4) is 0 Å². The fraction of sp³-hybridized carbons (Fsp3) is 0.714. The van der Waals surface area contributed by atoms with E-state index in [9.17, 15) is 0 Å². The lowest BCUT2D eigenvalue weighted by Gasteiger charge is -2.14. The Balaban J connectivity index is 2.08. The highest BCUT2D eigenvalue weighted by molar-refractivity contribution is 5.57. The van der Waals surface area contributed by atoms with E-state index in [2.05, 4.69) is 41.4 Å². The van der Waals surface area contributed by atoms with Gasteiger partial charge in [0.25, 0.3) is 0 Å². The third-order valence-electron chi connectivity index (χ3n) is 3.60. The van der Waals surface area contributed by atoms with Crippen molar-refractivity contribution >= 4 is 11.6 Å². The molecule has 2 atom stereocenters. The third kappa shape index (κ3) is 3.12. The normalized spacial score (nSPS) is 21.7. The monoisotopic (exact) mass is 248 g/mol. The van der Waals surface area contributed by atoms with Gasteiger partial charge in [-0.25, -0.2) is 9.97 Å². The van der Waals surface area contributed by atoms with Crippen LogP contribution in [0.1, 0.15) is 39.2 Å². The summed E-state index contributed by atoms with van der Waals surface area (Å²) < 4.78 is 0. The average Bonchev–Trinajstić information content (AvgIpc) is 3.06. The molecule has 2 N–H and O–H groups in total. The molecule has 1 aromatic rings. The van der Waals surface area contributed by atoms with Gasteiger partial charge in [-0.1, -0.05) is 20.3 Å². The summed E-state index contributed by atoms with van der Waals surface area (Å²) in [6.07, 6.45) is 5.13. The molecule has 0 bridgehead atoms. The number of nitrogens with zero attached hydrogens (tertiary/aromatic N) is 2. The Morgan fingerprint density at radius 3 is 2.44 bits per heavy atom. The number of hydrogen-bond acceptors (Lipinski definition) is 4. The van der Waals surface area contributed by atoms with Crippen LogP contribution < -0.4 is 10.6 Å². The molecule has 1 aliphatic rings. The van der Waals surface area contributed by atoms with Crippen molar-refractivity contribution in [1.82, 2.24) is 9.97 Å². The van der Waals surface area contributed by atoms with E-state index in [1.807, 2.05) is 0 Å². The fourth-order valence-corrected chi connectivity index (χ4v) is 2.28. The Morgan fingerprint density at radius 1 is 1.22 bits per heavy atom. The number of nitrogens with one attached hydrogen (secondary N) is 2. The highest BCUT2D eigenvalue weighted by Crippen LogP contribution is 2.37. The van der Waals surface area contributed by atoms with Gasteiger partial charge in [0.1, 0.15) is 18.0 Å². The summed E-state index contributed by atoms with van der Waals surface area (Å²) >= 11 is 0. The Hall–Kier alpha value is -1.32. The second-order valence-corrected chi connectivity index (χ2v) is 5.18. The van der Waals surface area contributed by atoms with Crippen molar-refractivity contribution in [2.75, 3.05) is 23.7 Å². The van der Waals surface area contributed by atoms with Gasteiger partial charge in [0.2, 0.25) is 0 Å². The van der Waals surface area contributed by atoms with Crippen molar-refractivity contribution in [3.05, 3.63) is 11.9 Å². The molecule has 2 rings (SSSR count). The second-order valence-electron chi connectivity index (χ2n) is 5.18. The molecule has 2 unspecified atom stereocenters. The summed E-state index contributed by atoms with van der Waals surface area (Å²) in [6.45, 7) is 8.53. The predicted molar refractivity (Wildman–Crippen MR) is 76.0 cm³/mol. The van der Waals surface area contributed by atoms with Crippen LogP contribution in [-0.4, -0.2) is 23.1 Å². The molecule has 0 amide bonds. The molecule has 18 heavy (non-hydrogen) atoms. The lowest BCUT2D eigenvalue weighted by molar-refractivity contribution is 0.780. The zero-order chi connectivity index (χ0) is 13.0. The van der Waals surface area contributed by atoms with Crippen LogP contribution in [0.3, 0.4) is 0 Å². The average molecular weight is 248 g/mol. The van der Waals surface area contributed by atoms with Crippen molar-refractivity contribution < 1.29 is 0 Å². The zero-order valence-electron chi connectivity index (χ0n) is 11.7. The topological polar surface area (TPSA) is 49.8 Å². The molecular weight excluding hydrogens is 224 g/mol. The van der Waals surface area contributed by atoms with Crippen LogP contribution in [0.15, 0.2) is 6.33 Å². The minimum Gasteiger partial charge on any atom is -0.370 e. The summed E-state index contributed by atoms with van der Waals surface area (Å²) in [7, 11) is 0. The molecule has 1 saturated carbocycles. The van der Waals surface area contributed by atoms with E-state index in [1.54, 1.807) is 6.33 Å². The second kappa shape index (κ2) is 6.03. The molecule has 0 radical (unpaired) electrons. The summed E-state index contributed by atoms with van der Waals surface area (Å²) in [6, 6.07) is 0. The van der Waals surface area contributed by atoms with Crippen molar-refractivity contribution in [2.24, 2.45) is 11.8 Å². The van der Waals surface area contributed by atoms with E-state index in [0.717, 1.165) is 49.4 Å². The lowest BCUT2D eigenvalue weighted by Crippen LogP contribution is -2.12. The number of aromatic nitrogens is 2. The Bertz CT molecular complexity index is 391. The molecular formula is C14H24N4. The Morgan fingerprint density at radius 2 is 1.89 bits per heavy atom. The van der Waals surface area contributed by atoms with Gasteiger partial charge >= 0.3 is 0 Å². The van der Waals surface area contributed by atoms with Crippen LogP contribution in [0.2, 0.25) is 0 Å². The van der Waals surface area contributed by atoms with Gasteiger partial charge in [-0.3, -0.25) is 0 Å². The Kier molecular flexibility index (Phi) is 4.39. The highest BCUT2D eigenvalue weighted by atomic mass is 15.1. The fourth-order valence-electron chi connectivity index (χ4n) is 2.28. The maximum atomic E-state index is 4.40. The first-order chi connectivity index (χ1) is 8.76. The van der Waals surface area contributed by atoms with Crippen molar-refractivity contribution in [2.45, 2.75) is 40.0 Å². The summed E-state index contributed by atoms with van der Waals surface area (Å²) in [5.41, 5.74) is 1.23. The largest absolute Gasteiger partial charge is 0.370 e. The maximum Gasteiger partial charge on any atom is 0.134 e. The van der Waals surface area contributed by atoms with E-state index in [1.165, 1.54) is 12.0 Å². The van der Waals surface area contributed by atoms with E-state index < -0.39 is 0 Å². The van der Waals surface area contributed by atoms with Crippen LogP contribution in [0.25, 0.3) is 0 Å². The molecule has 1 aromatic heterocycles. The van der Waals surface area contributed by atoms with Gasteiger partial charge in [-0.15, -0.1) is 0 Å². The van der Waals surface area contributed by atoms with Crippen LogP contribution in [0.5, 0.6) is 0 Å². The molecule has 0 aliphatic heterocycles. The molecule has 4 heteroatoms. The number of hydrogen-bond donors (Lipinski definition) is 2. The lowest BCUT2D eigenvalue weighted by atomic mass is 10.1. The van der Waals surface area contributed by atoms with Gasteiger partial charge in [0, 0.05) is 18.7 Å². The van der Waals surface area contributed by atoms with Crippen LogP contribution in [0, 0.1) is 11.8 Å². The highest BCUT2D eigenvalue weighted by Gasteiger charge is 2.32. The summed E-state index contributed by atoms with van der Waals surface area (Å²) in [4.78, 5) is 8.75. The summed E-state index contributed by atoms with van der Waals surface area (Å²) in [5, 5.41) is 6.82. The quantitative estimate of drug-likeness (QED) is 0.779. The third-order valence-corrected chi connectivity index (χ3v) is 3.60. The molecule has 1 aliphatic carbocycles. The smallest absolute Gasteiger partial charge is 0.134 e. The number of anilines is 2. The van der Waals surface area contributed by atoms with Crippen LogP contribution >= 0.6 is 0 Å². The first-order valence-corrected chi connectivity index (χ1v) is 7.07. The van der Waals surface area contributed by atoms with E-state index in [-0.39, 0.29) is 0 Å². The first kappa shape index (κ1) is 13.1. The first-order valence-electron chi connectivity index (χ1n) is 7.07. The molecule has 0 aromatic carbocycles. The van der Waals surface area contributed by atoms with Gasteiger partial charge in [-0.2, -0.15) is 0 Å². The molecule has 0 spiro atoms. The van der Waals surface area contributed by atoms with Gasteiger partial charge < -0.3 is 10.6 Å². The van der Waals surface area contributed by atoms with Gasteiger partial charge in [-0.05, 0) is 31.6 Å². The standard InChI is InChI=1S/C14H24N4/c1-4-6-12-13(15-5-2)17-9-18-14(12)16-8-11-7-10(11)3/h9-11H,4-8H2,1-3H3,(H2,15,16,17,18). The van der Waals surface area contributed by atoms with Crippen molar-refractivity contribution in [3.63, 3.8) is 0 Å². The summed E-state index contributed by atoms with van der Waals surface area (Å²) in [5.74, 6) is 3.71. The van der Waals surface area contributed by atoms with Gasteiger partial charge in [0.05, 0.1) is 0 Å². The molecule has 4 nitrogen and oxygen atoms in total. The zero-order valence-corrected chi connectivity index (χ0v) is 11.7.